The van der Waals surface area contributed by atoms with Gasteiger partial charge in [0.2, 0.25) is 0 Å². The number of hydrogen-bond donors (Lipinski definition) is 4. The predicted molar refractivity (Wildman–Crippen MR) is 64.6 cm³/mol. The molecule has 0 spiro atoms. The van der Waals surface area contributed by atoms with E-state index in [9.17, 15) is 15.3 Å². The van der Waals surface area contributed by atoms with E-state index in [2.05, 4.69) is 10.3 Å². The maximum absolute atomic E-state index is 9.94. The SMILES string of the molecule is COCCn1cc([C@H]2O[C@H](CO)[C@H](O)[C@H](O)[C@H]2O)nn1. The van der Waals surface area contributed by atoms with Crippen LogP contribution in [0.25, 0.3) is 0 Å². The van der Waals surface area contributed by atoms with Crippen molar-refractivity contribution in [3.8, 4) is 0 Å². The number of nitrogens with zero attached hydrogens (tertiary/aromatic N) is 3. The van der Waals surface area contributed by atoms with E-state index in [-0.39, 0.29) is 0 Å². The standard InChI is InChI=1S/C11H19N3O6/c1-19-3-2-14-4-6(12-13-14)11-10(18)9(17)8(16)7(5-15)20-11/h4,7-11,15-18H,2-3,5H2,1H3/t7-,8+,9+,10-,11-/m1/s1. The van der Waals surface area contributed by atoms with Crippen LogP contribution in [0.5, 0.6) is 0 Å². The van der Waals surface area contributed by atoms with Crippen LogP contribution in [0.1, 0.15) is 11.8 Å². The third-order valence-electron chi connectivity index (χ3n) is 3.26. The molecule has 1 aromatic rings. The van der Waals surface area contributed by atoms with Crippen LogP contribution in [0.3, 0.4) is 0 Å². The fourth-order valence-electron chi connectivity index (χ4n) is 2.08. The number of ether oxygens (including phenoxy) is 2. The molecule has 0 aliphatic carbocycles. The minimum atomic E-state index is -1.42. The maximum atomic E-state index is 9.94. The van der Waals surface area contributed by atoms with Crippen LogP contribution in [-0.2, 0) is 16.0 Å². The van der Waals surface area contributed by atoms with Crippen LogP contribution < -0.4 is 0 Å². The molecule has 1 aliphatic rings. The molecule has 114 valence electrons. The highest BCUT2D eigenvalue weighted by Gasteiger charge is 2.44. The molecular weight excluding hydrogens is 270 g/mol. The zero-order valence-corrected chi connectivity index (χ0v) is 11.0. The molecule has 0 unspecified atom stereocenters. The summed E-state index contributed by atoms with van der Waals surface area (Å²) in [5, 5.41) is 46.2. The van der Waals surface area contributed by atoms with Gasteiger partial charge < -0.3 is 29.9 Å². The lowest BCUT2D eigenvalue weighted by Gasteiger charge is -2.39. The Morgan fingerprint density at radius 1 is 1.30 bits per heavy atom. The highest BCUT2D eigenvalue weighted by Crippen LogP contribution is 2.30. The molecule has 0 aromatic carbocycles. The van der Waals surface area contributed by atoms with Gasteiger partial charge in [0.15, 0.2) is 0 Å². The van der Waals surface area contributed by atoms with Crippen LogP contribution in [0.2, 0.25) is 0 Å². The lowest BCUT2D eigenvalue weighted by Crippen LogP contribution is -2.55. The first-order chi connectivity index (χ1) is 9.58. The summed E-state index contributed by atoms with van der Waals surface area (Å²) in [7, 11) is 1.56. The Labute approximate surface area is 115 Å². The fraction of sp³-hybridized carbons (Fsp3) is 0.818. The van der Waals surface area contributed by atoms with Gasteiger partial charge in [-0.3, -0.25) is 0 Å². The average Bonchev–Trinajstić information content (AvgIpc) is 2.91. The summed E-state index contributed by atoms with van der Waals surface area (Å²) in [6.45, 7) is 0.470. The number of rotatable bonds is 5. The number of aromatic nitrogens is 3. The molecule has 1 aliphatic heterocycles. The maximum Gasteiger partial charge on any atom is 0.132 e. The third-order valence-corrected chi connectivity index (χ3v) is 3.26. The summed E-state index contributed by atoms with van der Waals surface area (Å²) < 4.78 is 11.8. The molecule has 0 saturated carbocycles. The normalized spacial score (nSPS) is 34.4. The predicted octanol–water partition coefficient (Wildman–Crippen LogP) is -2.56. The van der Waals surface area contributed by atoms with Gasteiger partial charge in [-0.1, -0.05) is 5.21 Å². The summed E-state index contributed by atoms with van der Waals surface area (Å²) in [4.78, 5) is 0. The monoisotopic (exact) mass is 289 g/mol. The molecule has 0 amide bonds. The van der Waals surface area contributed by atoms with Gasteiger partial charge in [0.1, 0.15) is 36.2 Å². The molecule has 20 heavy (non-hydrogen) atoms. The summed E-state index contributed by atoms with van der Waals surface area (Å²) in [6, 6.07) is 0. The summed E-state index contributed by atoms with van der Waals surface area (Å²) in [5.41, 5.74) is 0.318. The van der Waals surface area contributed by atoms with E-state index in [1.54, 1.807) is 13.3 Å². The molecule has 4 N–H and O–H groups in total. The quantitative estimate of drug-likeness (QED) is 0.466. The minimum absolute atomic E-state index is 0.318. The lowest BCUT2D eigenvalue weighted by atomic mass is 9.94. The van der Waals surface area contributed by atoms with Crippen LogP contribution in [-0.4, -0.2) is 80.2 Å². The van der Waals surface area contributed by atoms with E-state index >= 15 is 0 Å². The Hall–Kier alpha value is -1.10. The summed E-state index contributed by atoms with van der Waals surface area (Å²) in [6.07, 6.45) is -4.50. The van der Waals surface area contributed by atoms with Gasteiger partial charge in [0.25, 0.3) is 0 Å². The van der Waals surface area contributed by atoms with Crippen molar-refractivity contribution in [2.24, 2.45) is 0 Å². The first-order valence-corrected chi connectivity index (χ1v) is 6.28. The highest BCUT2D eigenvalue weighted by molar-refractivity contribution is 5.06. The van der Waals surface area contributed by atoms with Crippen molar-refractivity contribution in [2.75, 3.05) is 20.3 Å². The molecule has 2 rings (SSSR count). The Balaban J connectivity index is 2.12. The Kier molecular flexibility index (Phi) is 5.02. The average molecular weight is 289 g/mol. The van der Waals surface area contributed by atoms with Crippen molar-refractivity contribution in [2.45, 2.75) is 37.1 Å². The van der Waals surface area contributed by atoms with E-state index in [0.717, 1.165) is 0 Å². The Morgan fingerprint density at radius 3 is 2.70 bits per heavy atom. The van der Waals surface area contributed by atoms with E-state index in [1.165, 1.54) is 4.68 Å². The molecule has 9 nitrogen and oxygen atoms in total. The fourth-order valence-corrected chi connectivity index (χ4v) is 2.08. The van der Waals surface area contributed by atoms with Crippen molar-refractivity contribution >= 4 is 0 Å². The second-order valence-electron chi connectivity index (χ2n) is 4.65. The number of aliphatic hydroxyl groups excluding tert-OH is 4. The van der Waals surface area contributed by atoms with Crippen molar-refractivity contribution < 1.29 is 29.9 Å². The second kappa shape index (κ2) is 6.57. The third kappa shape index (κ3) is 2.97. The van der Waals surface area contributed by atoms with Gasteiger partial charge in [-0.15, -0.1) is 5.10 Å². The largest absolute Gasteiger partial charge is 0.394 e. The Morgan fingerprint density at radius 2 is 2.05 bits per heavy atom. The first kappa shape index (κ1) is 15.3. The van der Waals surface area contributed by atoms with E-state index in [0.29, 0.717) is 18.8 Å². The number of methoxy groups -OCH3 is 1. The second-order valence-corrected chi connectivity index (χ2v) is 4.65. The molecule has 9 heteroatoms. The van der Waals surface area contributed by atoms with Gasteiger partial charge in [0.05, 0.1) is 26.0 Å². The van der Waals surface area contributed by atoms with Gasteiger partial charge >= 0.3 is 0 Å². The van der Waals surface area contributed by atoms with Gasteiger partial charge in [-0.25, -0.2) is 4.68 Å². The van der Waals surface area contributed by atoms with Crippen molar-refractivity contribution in [1.82, 2.24) is 15.0 Å². The number of aliphatic hydroxyl groups is 4. The van der Waals surface area contributed by atoms with Crippen LogP contribution in [0, 0.1) is 0 Å². The lowest BCUT2D eigenvalue weighted by molar-refractivity contribution is -0.232. The summed E-state index contributed by atoms with van der Waals surface area (Å²) in [5.74, 6) is 0. The molecular formula is C11H19N3O6. The molecule has 0 bridgehead atoms. The van der Waals surface area contributed by atoms with Gasteiger partial charge in [-0.2, -0.15) is 0 Å². The van der Waals surface area contributed by atoms with Gasteiger partial charge in [-0.05, 0) is 0 Å². The molecule has 1 saturated heterocycles. The molecule has 2 heterocycles. The van der Waals surface area contributed by atoms with Crippen molar-refractivity contribution in [1.29, 1.82) is 0 Å². The van der Waals surface area contributed by atoms with Crippen LogP contribution >= 0.6 is 0 Å². The summed E-state index contributed by atoms with van der Waals surface area (Å²) >= 11 is 0. The zero-order valence-electron chi connectivity index (χ0n) is 11.0. The van der Waals surface area contributed by atoms with Gasteiger partial charge in [0, 0.05) is 7.11 Å². The highest BCUT2D eigenvalue weighted by atomic mass is 16.5. The molecule has 5 atom stereocenters. The molecule has 0 radical (unpaired) electrons. The molecule has 1 aromatic heterocycles. The van der Waals surface area contributed by atoms with E-state index in [4.69, 9.17) is 14.6 Å². The van der Waals surface area contributed by atoms with Crippen molar-refractivity contribution in [3.63, 3.8) is 0 Å². The minimum Gasteiger partial charge on any atom is -0.394 e. The van der Waals surface area contributed by atoms with E-state index < -0.39 is 37.1 Å². The first-order valence-electron chi connectivity index (χ1n) is 6.28. The Bertz CT molecular complexity index is 426. The van der Waals surface area contributed by atoms with Crippen LogP contribution in [0.4, 0.5) is 0 Å². The van der Waals surface area contributed by atoms with E-state index in [1.807, 2.05) is 0 Å². The number of hydrogen-bond acceptors (Lipinski definition) is 8. The smallest absolute Gasteiger partial charge is 0.132 e. The topological polar surface area (TPSA) is 130 Å². The van der Waals surface area contributed by atoms with Crippen molar-refractivity contribution in [3.05, 3.63) is 11.9 Å². The van der Waals surface area contributed by atoms with Crippen LogP contribution in [0.15, 0.2) is 6.20 Å². The molecule has 1 fully saturated rings. The zero-order chi connectivity index (χ0) is 14.7.